The van der Waals surface area contributed by atoms with E-state index in [9.17, 15) is 9.90 Å². The van der Waals surface area contributed by atoms with Gasteiger partial charge in [-0.1, -0.05) is 12.1 Å². The first-order chi connectivity index (χ1) is 15.6. The van der Waals surface area contributed by atoms with E-state index in [2.05, 4.69) is 15.4 Å². The number of ether oxygens (including phenoxy) is 1. The van der Waals surface area contributed by atoms with E-state index in [0.29, 0.717) is 48.0 Å². The number of benzene rings is 1. The van der Waals surface area contributed by atoms with Crippen molar-refractivity contribution in [2.24, 2.45) is 11.8 Å². The molecule has 0 bridgehead atoms. The third-order valence-electron chi connectivity index (χ3n) is 6.36. The smallest absolute Gasteiger partial charge is 0.228 e. The number of likely N-dealkylation sites (tertiary alicyclic amines) is 1. The summed E-state index contributed by atoms with van der Waals surface area (Å²) in [4.78, 5) is 19.4. The largest absolute Gasteiger partial charge is 0.507 e. The Balaban J connectivity index is 1.35. The molecule has 8 nitrogen and oxygen atoms in total. The molecule has 1 aromatic carbocycles. The second-order valence-corrected chi connectivity index (χ2v) is 8.61. The normalized spacial score (nSPS) is 21.2. The lowest BCUT2D eigenvalue weighted by Crippen LogP contribution is -2.44. The summed E-state index contributed by atoms with van der Waals surface area (Å²) in [6, 6.07) is 8.96. The molecule has 0 spiro atoms. The average molecular weight is 431 g/mol. The Morgan fingerprint density at radius 2 is 2.19 bits per heavy atom. The van der Waals surface area contributed by atoms with Crippen LogP contribution in [0.2, 0.25) is 0 Å². The van der Waals surface area contributed by atoms with Gasteiger partial charge in [0.1, 0.15) is 19.4 Å². The Bertz CT molecular complexity index is 1130. The van der Waals surface area contributed by atoms with Gasteiger partial charge < -0.3 is 20.1 Å². The fourth-order valence-electron chi connectivity index (χ4n) is 4.60. The summed E-state index contributed by atoms with van der Waals surface area (Å²) in [6.45, 7) is 3.48. The number of carbonyl (C=O) groups is 1. The van der Waals surface area contributed by atoms with Gasteiger partial charge in [-0.15, -0.1) is 0 Å². The molecule has 3 aromatic rings. The number of rotatable bonds is 5. The van der Waals surface area contributed by atoms with Crippen molar-refractivity contribution >= 4 is 30.7 Å². The fourth-order valence-corrected chi connectivity index (χ4v) is 4.60. The van der Waals surface area contributed by atoms with Crippen molar-refractivity contribution in [3.05, 3.63) is 36.5 Å². The van der Waals surface area contributed by atoms with E-state index >= 15 is 0 Å². The van der Waals surface area contributed by atoms with Gasteiger partial charge in [-0.05, 0) is 42.8 Å². The minimum Gasteiger partial charge on any atom is -0.507 e. The molecule has 2 radical (unpaired) electrons. The summed E-state index contributed by atoms with van der Waals surface area (Å²) in [5, 5.41) is 18.1. The number of para-hydroxylation sites is 1. The molecule has 2 unspecified atom stereocenters. The number of fused-ring (bicyclic) bond motifs is 1. The van der Waals surface area contributed by atoms with Gasteiger partial charge in [0, 0.05) is 44.1 Å². The van der Waals surface area contributed by atoms with Gasteiger partial charge in [-0.2, -0.15) is 9.61 Å². The number of hydrogen-bond acceptors (Lipinski definition) is 6. The molecule has 4 heterocycles. The maximum absolute atomic E-state index is 12.8. The Kier molecular flexibility index (Phi) is 5.74. The molecule has 2 atom stereocenters. The summed E-state index contributed by atoms with van der Waals surface area (Å²) in [6.07, 6.45) is 4.45. The third-order valence-corrected chi connectivity index (χ3v) is 6.36. The number of nitrogens with one attached hydrogen (secondary N) is 1. The molecule has 1 amide bonds. The number of piperidine rings is 1. The Hall–Kier alpha value is -3.07. The molecule has 9 heteroatoms. The maximum atomic E-state index is 12.8. The molecule has 0 aliphatic carbocycles. The summed E-state index contributed by atoms with van der Waals surface area (Å²) < 4.78 is 7.08. The van der Waals surface area contributed by atoms with Crippen LogP contribution in [0.15, 0.2) is 36.5 Å². The second kappa shape index (κ2) is 8.82. The van der Waals surface area contributed by atoms with Gasteiger partial charge in [-0.3, -0.25) is 4.79 Å². The highest BCUT2D eigenvalue weighted by Gasteiger charge is 2.31. The van der Waals surface area contributed by atoms with Crippen molar-refractivity contribution in [1.29, 1.82) is 0 Å². The topological polar surface area (TPSA) is 92.0 Å². The van der Waals surface area contributed by atoms with Gasteiger partial charge in [0.15, 0.2) is 5.65 Å². The number of anilines is 1. The SMILES string of the molecule is [B]c1cnn2c(NCC3CCCN(C(=O)C4CCOC4)C3)cc(-c3ccccc3O)nc12. The van der Waals surface area contributed by atoms with Gasteiger partial charge in [0.05, 0.1) is 18.2 Å². The lowest BCUT2D eigenvalue weighted by atomic mass is 9.96. The number of aromatic hydroxyl groups is 1. The van der Waals surface area contributed by atoms with Gasteiger partial charge in [0.2, 0.25) is 5.91 Å². The van der Waals surface area contributed by atoms with Crippen molar-refractivity contribution in [3.8, 4) is 17.0 Å². The van der Waals surface area contributed by atoms with E-state index in [4.69, 9.17) is 12.6 Å². The number of nitrogens with zero attached hydrogens (tertiary/aromatic N) is 4. The summed E-state index contributed by atoms with van der Waals surface area (Å²) >= 11 is 0. The van der Waals surface area contributed by atoms with Crippen molar-refractivity contribution in [2.75, 3.05) is 38.2 Å². The van der Waals surface area contributed by atoms with E-state index in [1.807, 2.05) is 23.1 Å². The highest BCUT2D eigenvalue weighted by molar-refractivity contribution is 6.36. The van der Waals surface area contributed by atoms with Crippen LogP contribution >= 0.6 is 0 Å². The first-order valence-electron chi connectivity index (χ1n) is 11.1. The minimum atomic E-state index is 0.00897. The second-order valence-electron chi connectivity index (χ2n) is 8.61. The predicted molar refractivity (Wildman–Crippen MR) is 122 cm³/mol. The van der Waals surface area contributed by atoms with Gasteiger partial charge >= 0.3 is 0 Å². The number of amides is 1. The van der Waals surface area contributed by atoms with Crippen LogP contribution in [0.4, 0.5) is 5.82 Å². The zero-order chi connectivity index (χ0) is 22.1. The average Bonchev–Trinajstić information content (AvgIpc) is 3.48. The quantitative estimate of drug-likeness (QED) is 0.597. The number of aromatic nitrogens is 3. The van der Waals surface area contributed by atoms with Crippen LogP contribution in [-0.2, 0) is 9.53 Å². The standard InChI is InChI=1S/C23H26BN5O3/c24-18-12-26-29-21(10-19(27-22(18)29)17-5-1-2-6-20(17)30)25-11-15-4-3-8-28(13-15)23(31)16-7-9-32-14-16/h1-2,5-6,10,12,15-16,25,30H,3-4,7-9,11,13-14H2. The molecule has 164 valence electrons. The minimum absolute atomic E-state index is 0.00897. The van der Waals surface area contributed by atoms with Crippen LogP contribution in [0, 0.1) is 11.8 Å². The van der Waals surface area contributed by atoms with Gasteiger partial charge in [0.25, 0.3) is 0 Å². The van der Waals surface area contributed by atoms with Crippen molar-refractivity contribution in [3.63, 3.8) is 0 Å². The number of hydrogen-bond donors (Lipinski definition) is 2. The van der Waals surface area contributed by atoms with E-state index in [0.717, 1.165) is 38.2 Å². The molecule has 5 rings (SSSR count). The Morgan fingerprint density at radius 3 is 3.00 bits per heavy atom. The molecule has 32 heavy (non-hydrogen) atoms. The first-order valence-corrected chi connectivity index (χ1v) is 11.1. The monoisotopic (exact) mass is 431 g/mol. The molecule has 2 aliphatic rings. The Labute approximate surface area is 188 Å². The number of carbonyl (C=O) groups excluding carboxylic acids is 1. The molecule has 2 saturated heterocycles. The molecular formula is C23H26BN5O3. The van der Waals surface area contributed by atoms with Crippen LogP contribution in [0.3, 0.4) is 0 Å². The van der Waals surface area contributed by atoms with Crippen LogP contribution < -0.4 is 10.8 Å². The number of phenolic OH excluding ortho intramolecular Hbond substituents is 1. The highest BCUT2D eigenvalue weighted by Crippen LogP contribution is 2.29. The maximum Gasteiger partial charge on any atom is 0.228 e. The lowest BCUT2D eigenvalue weighted by molar-refractivity contribution is -0.137. The molecule has 2 fully saturated rings. The molecule has 2 N–H and O–H groups in total. The predicted octanol–water partition coefficient (Wildman–Crippen LogP) is 1.58. The lowest BCUT2D eigenvalue weighted by Gasteiger charge is -2.34. The van der Waals surface area contributed by atoms with Crippen LogP contribution in [-0.4, -0.2) is 71.2 Å². The van der Waals surface area contributed by atoms with Crippen LogP contribution in [0.25, 0.3) is 16.9 Å². The van der Waals surface area contributed by atoms with Crippen LogP contribution in [0.1, 0.15) is 19.3 Å². The highest BCUT2D eigenvalue weighted by atomic mass is 16.5. The zero-order valence-corrected chi connectivity index (χ0v) is 17.9. The summed E-state index contributed by atoms with van der Waals surface area (Å²) in [5.74, 6) is 1.47. The van der Waals surface area contributed by atoms with Gasteiger partial charge in [-0.25, -0.2) is 4.98 Å². The van der Waals surface area contributed by atoms with E-state index in [1.165, 1.54) is 0 Å². The van der Waals surface area contributed by atoms with E-state index < -0.39 is 0 Å². The Morgan fingerprint density at radius 1 is 1.31 bits per heavy atom. The summed E-state index contributed by atoms with van der Waals surface area (Å²) in [5.41, 5.74) is 2.26. The van der Waals surface area contributed by atoms with E-state index in [1.54, 1.807) is 22.8 Å². The first kappa shape index (κ1) is 20.8. The molecular weight excluding hydrogens is 405 g/mol. The third kappa shape index (κ3) is 4.04. The van der Waals surface area contributed by atoms with Crippen molar-refractivity contribution < 1.29 is 14.6 Å². The molecule has 0 saturated carbocycles. The summed E-state index contributed by atoms with van der Waals surface area (Å²) in [7, 11) is 6.09. The van der Waals surface area contributed by atoms with Crippen molar-refractivity contribution in [2.45, 2.75) is 19.3 Å². The molecule has 2 aromatic heterocycles. The number of phenols is 1. The fraction of sp³-hybridized carbons (Fsp3) is 0.435. The molecule has 2 aliphatic heterocycles. The zero-order valence-electron chi connectivity index (χ0n) is 17.9. The van der Waals surface area contributed by atoms with Crippen LogP contribution in [0.5, 0.6) is 5.75 Å². The van der Waals surface area contributed by atoms with E-state index in [-0.39, 0.29) is 17.6 Å². The van der Waals surface area contributed by atoms with Crippen molar-refractivity contribution in [1.82, 2.24) is 19.5 Å².